The van der Waals surface area contributed by atoms with Crippen LogP contribution in [0.15, 0.2) is 6.33 Å². The van der Waals surface area contributed by atoms with E-state index < -0.39 is 0 Å². The highest BCUT2D eigenvalue weighted by atomic mass is 16.5. The number of nitrogens with zero attached hydrogens (tertiary/aromatic N) is 2. The molecule has 2 aliphatic rings. The largest absolute Gasteiger partial charge is 0.474 e. The number of rotatable bonds is 3. The second-order valence-electron chi connectivity index (χ2n) is 7.01. The van der Waals surface area contributed by atoms with Crippen LogP contribution in [0, 0.1) is 17.8 Å². The van der Waals surface area contributed by atoms with Gasteiger partial charge in [-0.2, -0.15) is 0 Å². The van der Waals surface area contributed by atoms with E-state index in [0.717, 1.165) is 43.4 Å². The van der Waals surface area contributed by atoms with E-state index in [9.17, 15) is 0 Å². The van der Waals surface area contributed by atoms with Gasteiger partial charge in [0.2, 0.25) is 5.88 Å². The first-order valence-electron chi connectivity index (χ1n) is 8.35. The fourth-order valence-electron chi connectivity index (χ4n) is 3.74. The van der Waals surface area contributed by atoms with Crippen LogP contribution in [0.1, 0.15) is 51.3 Å². The molecule has 1 saturated carbocycles. The van der Waals surface area contributed by atoms with Crippen molar-refractivity contribution in [2.75, 3.05) is 6.54 Å². The molecule has 0 saturated heterocycles. The summed E-state index contributed by atoms with van der Waals surface area (Å²) in [5.74, 6) is 2.87. The highest BCUT2D eigenvalue weighted by Gasteiger charge is 2.33. The molecule has 116 valence electrons. The molecule has 0 radical (unpaired) electrons. The maximum absolute atomic E-state index is 6.41. The van der Waals surface area contributed by atoms with Crippen LogP contribution in [0.5, 0.6) is 5.88 Å². The van der Waals surface area contributed by atoms with Crippen LogP contribution in [0.25, 0.3) is 0 Å². The summed E-state index contributed by atoms with van der Waals surface area (Å²) in [4.78, 5) is 8.84. The molecule has 3 unspecified atom stereocenters. The molecule has 3 rings (SSSR count). The van der Waals surface area contributed by atoms with Crippen molar-refractivity contribution >= 4 is 0 Å². The van der Waals surface area contributed by atoms with Gasteiger partial charge in [-0.25, -0.2) is 9.97 Å². The van der Waals surface area contributed by atoms with Gasteiger partial charge >= 0.3 is 0 Å². The Morgan fingerprint density at radius 2 is 2.14 bits per heavy atom. The van der Waals surface area contributed by atoms with Crippen LogP contribution in [0.2, 0.25) is 0 Å². The van der Waals surface area contributed by atoms with Gasteiger partial charge in [0.25, 0.3) is 0 Å². The number of hydrogen-bond acceptors (Lipinski definition) is 4. The molecule has 1 N–H and O–H groups in total. The highest BCUT2D eigenvalue weighted by Crippen LogP contribution is 2.36. The summed E-state index contributed by atoms with van der Waals surface area (Å²) in [7, 11) is 0. The van der Waals surface area contributed by atoms with Crippen molar-refractivity contribution in [3.8, 4) is 5.88 Å². The predicted molar refractivity (Wildman–Crippen MR) is 83.2 cm³/mol. The third-order valence-corrected chi connectivity index (χ3v) is 5.06. The van der Waals surface area contributed by atoms with Gasteiger partial charge < -0.3 is 10.1 Å². The molecule has 3 atom stereocenters. The van der Waals surface area contributed by atoms with E-state index >= 15 is 0 Å². The minimum absolute atomic E-state index is 0.301. The van der Waals surface area contributed by atoms with Crippen molar-refractivity contribution in [1.29, 1.82) is 0 Å². The number of nitrogens with one attached hydrogen (secondary N) is 1. The van der Waals surface area contributed by atoms with E-state index in [1.807, 2.05) is 0 Å². The number of hydrogen-bond donors (Lipinski definition) is 1. The standard InChI is InChI=1S/C17H27N3O/c1-11(2)13-5-4-12(3)8-16(13)21-17-14-9-18-7-6-15(14)19-10-20-17/h10-13,16,18H,4-9H2,1-3H3. The van der Waals surface area contributed by atoms with Gasteiger partial charge in [0, 0.05) is 25.1 Å². The molecule has 0 spiro atoms. The van der Waals surface area contributed by atoms with Crippen molar-refractivity contribution in [3.05, 3.63) is 17.6 Å². The molecule has 0 bridgehead atoms. The summed E-state index contributed by atoms with van der Waals surface area (Å²) in [5, 5.41) is 3.40. The molecule has 1 aliphatic carbocycles. The van der Waals surface area contributed by atoms with E-state index in [4.69, 9.17) is 4.74 Å². The quantitative estimate of drug-likeness (QED) is 0.929. The molecule has 0 aromatic carbocycles. The van der Waals surface area contributed by atoms with E-state index in [2.05, 4.69) is 36.1 Å². The van der Waals surface area contributed by atoms with Gasteiger partial charge in [0.15, 0.2) is 0 Å². The molecule has 0 amide bonds. The van der Waals surface area contributed by atoms with E-state index in [-0.39, 0.29) is 0 Å². The lowest BCUT2D eigenvalue weighted by molar-refractivity contribution is 0.0414. The summed E-state index contributed by atoms with van der Waals surface area (Å²) >= 11 is 0. The molecule has 4 heteroatoms. The summed E-state index contributed by atoms with van der Waals surface area (Å²) in [6.45, 7) is 8.80. The van der Waals surface area contributed by atoms with Gasteiger partial charge in [-0.15, -0.1) is 0 Å². The second kappa shape index (κ2) is 6.30. The predicted octanol–water partition coefficient (Wildman–Crippen LogP) is 2.96. The van der Waals surface area contributed by atoms with Crippen LogP contribution in [-0.2, 0) is 13.0 Å². The van der Waals surface area contributed by atoms with Crippen molar-refractivity contribution < 1.29 is 4.74 Å². The van der Waals surface area contributed by atoms with Gasteiger partial charge in [-0.1, -0.05) is 27.2 Å². The first-order valence-corrected chi connectivity index (χ1v) is 8.35. The van der Waals surface area contributed by atoms with Crippen LogP contribution in [-0.4, -0.2) is 22.6 Å². The zero-order chi connectivity index (χ0) is 14.8. The van der Waals surface area contributed by atoms with Crippen LogP contribution < -0.4 is 10.1 Å². The SMILES string of the molecule is CC1CCC(C(C)C)C(Oc2ncnc3c2CNCC3)C1. The molecule has 1 aliphatic heterocycles. The van der Waals surface area contributed by atoms with Gasteiger partial charge in [-0.3, -0.25) is 0 Å². The molecule has 21 heavy (non-hydrogen) atoms. The third kappa shape index (κ3) is 3.20. The molecular formula is C17H27N3O. The van der Waals surface area contributed by atoms with E-state index in [1.165, 1.54) is 18.4 Å². The first kappa shape index (κ1) is 14.8. The maximum atomic E-state index is 6.41. The number of aromatic nitrogens is 2. The zero-order valence-electron chi connectivity index (χ0n) is 13.4. The summed E-state index contributed by atoms with van der Waals surface area (Å²) in [6.07, 6.45) is 6.68. The van der Waals surface area contributed by atoms with E-state index in [0.29, 0.717) is 17.9 Å². The zero-order valence-corrected chi connectivity index (χ0v) is 13.4. The number of ether oxygens (including phenoxy) is 1. The molecule has 2 heterocycles. The highest BCUT2D eigenvalue weighted by molar-refractivity contribution is 5.31. The molecule has 1 fully saturated rings. The molecule has 1 aromatic heterocycles. The fourth-order valence-corrected chi connectivity index (χ4v) is 3.74. The Balaban J connectivity index is 1.81. The smallest absolute Gasteiger partial charge is 0.221 e. The maximum Gasteiger partial charge on any atom is 0.221 e. The summed E-state index contributed by atoms with van der Waals surface area (Å²) < 4.78 is 6.41. The molecule has 1 aromatic rings. The topological polar surface area (TPSA) is 47.0 Å². The van der Waals surface area contributed by atoms with Crippen molar-refractivity contribution in [1.82, 2.24) is 15.3 Å². The number of fused-ring (bicyclic) bond motifs is 1. The third-order valence-electron chi connectivity index (χ3n) is 5.06. The Labute approximate surface area is 127 Å². The molecular weight excluding hydrogens is 262 g/mol. The van der Waals surface area contributed by atoms with Gasteiger partial charge in [-0.05, 0) is 30.6 Å². The minimum Gasteiger partial charge on any atom is -0.474 e. The Morgan fingerprint density at radius 3 is 2.95 bits per heavy atom. The van der Waals surface area contributed by atoms with Crippen LogP contribution in [0.4, 0.5) is 0 Å². The first-order chi connectivity index (χ1) is 10.1. The van der Waals surface area contributed by atoms with Gasteiger partial charge in [0.1, 0.15) is 12.4 Å². The lowest BCUT2D eigenvalue weighted by Crippen LogP contribution is -2.37. The average Bonchev–Trinajstić information content (AvgIpc) is 2.47. The van der Waals surface area contributed by atoms with Crippen molar-refractivity contribution in [2.45, 2.75) is 59.1 Å². The van der Waals surface area contributed by atoms with Crippen LogP contribution in [0.3, 0.4) is 0 Å². The minimum atomic E-state index is 0.301. The van der Waals surface area contributed by atoms with Crippen LogP contribution >= 0.6 is 0 Å². The summed E-state index contributed by atoms with van der Waals surface area (Å²) in [6, 6.07) is 0. The molecule has 4 nitrogen and oxygen atoms in total. The second-order valence-corrected chi connectivity index (χ2v) is 7.01. The van der Waals surface area contributed by atoms with E-state index in [1.54, 1.807) is 6.33 Å². The Morgan fingerprint density at radius 1 is 1.29 bits per heavy atom. The Hall–Kier alpha value is -1.16. The average molecular weight is 289 g/mol. The fraction of sp³-hybridized carbons (Fsp3) is 0.765. The lowest BCUT2D eigenvalue weighted by Gasteiger charge is -2.37. The Bertz CT molecular complexity index is 489. The van der Waals surface area contributed by atoms with Crippen molar-refractivity contribution in [2.24, 2.45) is 17.8 Å². The van der Waals surface area contributed by atoms with Crippen molar-refractivity contribution in [3.63, 3.8) is 0 Å². The Kier molecular flexibility index (Phi) is 4.43. The lowest BCUT2D eigenvalue weighted by atomic mass is 9.75. The summed E-state index contributed by atoms with van der Waals surface area (Å²) in [5.41, 5.74) is 2.33. The normalized spacial score (nSPS) is 29.2. The monoisotopic (exact) mass is 289 g/mol. The van der Waals surface area contributed by atoms with Gasteiger partial charge in [0.05, 0.1) is 5.69 Å².